The molecule has 6 heteroatoms. The maximum absolute atomic E-state index is 10.9. The minimum absolute atomic E-state index is 0.00122. The highest BCUT2D eigenvalue weighted by Crippen LogP contribution is 2.28. The molecule has 92 valence electrons. The molecule has 1 aromatic rings. The third kappa shape index (κ3) is 3.44. The second-order valence-electron chi connectivity index (χ2n) is 3.94. The minimum atomic E-state index is -0.452. The first-order valence-electron chi connectivity index (χ1n) is 5.20. The first-order chi connectivity index (χ1) is 7.91. The number of amides is 1. The minimum Gasteiger partial charge on any atom is -0.376 e. The topological polar surface area (TPSA) is 98.3 Å². The van der Waals surface area contributed by atoms with Crippen LogP contribution in [0.4, 0.5) is 11.4 Å². The van der Waals surface area contributed by atoms with Crippen LogP contribution in [0.2, 0.25) is 0 Å². The summed E-state index contributed by atoms with van der Waals surface area (Å²) in [5, 5.41) is 13.8. The van der Waals surface area contributed by atoms with E-state index in [9.17, 15) is 14.9 Å². The number of nitro benzene ring substituents is 1. The molecule has 6 nitrogen and oxygen atoms in total. The average molecular weight is 237 g/mol. The number of hydrogen-bond acceptors (Lipinski definition) is 4. The Hall–Kier alpha value is -2.11. The van der Waals surface area contributed by atoms with Crippen molar-refractivity contribution in [2.24, 2.45) is 5.73 Å². The van der Waals surface area contributed by atoms with Gasteiger partial charge in [-0.05, 0) is 19.4 Å². The van der Waals surface area contributed by atoms with Gasteiger partial charge < -0.3 is 11.1 Å². The molecule has 0 radical (unpaired) electrons. The molecule has 0 aromatic heterocycles. The number of carbonyl (C=O) groups is 1. The fourth-order valence-electron chi connectivity index (χ4n) is 1.59. The average Bonchev–Trinajstić information content (AvgIpc) is 2.19. The largest absolute Gasteiger partial charge is 0.376 e. The molecule has 0 aliphatic heterocycles. The standard InChI is InChI=1S/C11H15N3O3/c1-7-4-3-5-9(14(16)17)11(7)13-8(2)6-10(12)15/h3-5,8,13H,6H2,1-2H3,(H2,12,15). The molecule has 0 aliphatic rings. The van der Waals surface area contributed by atoms with E-state index < -0.39 is 10.8 Å². The number of nitrogens with zero attached hydrogens (tertiary/aromatic N) is 1. The van der Waals surface area contributed by atoms with Crippen molar-refractivity contribution in [3.8, 4) is 0 Å². The lowest BCUT2D eigenvalue weighted by Crippen LogP contribution is -2.24. The van der Waals surface area contributed by atoms with Gasteiger partial charge >= 0.3 is 0 Å². The molecule has 0 saturated carbocycles. The van der Waals surface area contributed by atoms with Crippen molar-refractivity contribution < 1.29 is 9.72 Å². The summed E-state index contributed by atoms with van der Waals surface area (Å²) in [6, 6.07) is 4.57. The Bertz CT molecular complexity index is 446. The lowest BCUT2D eigenvalue weighted by atomic mass is 10.1. The van der Waals surface area contributed by atoms with E-state index in [0.717, 1.165) is 5.56 Å². The number of para-hydroxylation sites is 1. The molecule has 1 rings (SSSR count). The summed E-state index contributed by atoms with van der Waals surface area (Å²) >= 11 is 0. The van der Waals surface area contributed by atoms with Crippen molar-refractivity contribution in [3.63, 3.8) is 0 Å². The normalized spacial score (nSPS) is 11.9. The van der Waals surface area contributed by atoms with E-state index >= 15 is 0 Å². The smallest absolute Gasteiger partial charge is 0.292 e. The molecule has 17 heavy (non-hydrogen) atoms. The maximum Gasteiger partial charge on any atom is 0.292 e. The lowest BCUT2D eigenvalue weighted by molar-refractivity contribution is -0.384. The molecule has 0 aliphatic carbocycles. The molecule has 0 fully saturated rings. The van der Waals surface area contributed by atoms with Crippen LogP contribution < -0.4 is 11.1 Å². The van der Waals surface area contributed by atoms with E-state index in [-0.39, 0.29) is 18.2 Å². The summed E-state index contributed by atoms with van der Waals surface area (Å²) in [6.45, 7) is 3.52. The number of benzene rings is 1. The summed E-state index contributed by atoms with van der Waals surface area (Å²) in [5.41, 5.74) is 6.27. The third-order valence-corrected chi connectivity index (χ3v) is 2.35. The van der Waals surface area contributed by atoms with Crippen molar-refractivity contribution in [2.45, 2.75) is 26.3 Å². The van der Waals surface area contributed by atoms with Crippen LogP contribution in [0, 0.1) is 17.0 Å². The second-order valence-corrected chi connectivity index (χ2v) is 3.94. The Kier molecular flexibility index (Phi) is 4.03. The number of anilines is 1. The van der Waals surface area contributed by atoms with Gasteiger partial charge in [0.15, 0.2) is 0 Å². The number of hydrogen-bond donors (Lipinski definition) is 2. The molecule has 0 heterocycles. The van der Waals surface area contributed by atoms with Crippen LogP contribution in [0.25, 0.3) is 0 Å². The number of nitrogens with one attached hydrogen (secondary N) is 1. The van der Waals surface area contributed by atoms with Crippen molar-refractivity contribution in [2.75, 3.05) is 5.32 Å². The number of aryl methyl sites for hydroxylation is 1. The number of nitrogens with two attached hydrogens (primary N) is 1. The molecular weight excluding hydrogens is 222 g/mol. The number of rotatable bonds is 5. The number of nitro groups is 1. The number of carbonyl (C=O) groups excluding carboxylic acids is 1. The van der Waals surface area contributed by atoms with Gasteiger partial charge in [0.2, 0.25) is 5.91 Å². The predicted octanol–water partition coefficient (Wildman–Crippen LogP) is 1.58. The number of primary amides is 1. The molecule has 1 amide bonds. The van der Waals surface area contributed by atoms with E-state index in [1.807, 2.05) is 0 Å². The predicted molar refractivity (Wildman–Crippen MR) is 64.7 cm³/mol. The van der Waals surface area contributed by atoms with Crippen LogP contribution in [-0.4, -0.2) is 16.9 Å². The Morgan fingerprint density at radius 2 is 2.24 bits per heavy atom. The molecule has 0 saturated heterocycles. The van der Waals surface area contributed by atoms with Crippen LogP contribution >= 0.6 is 0 Å². The lowest BCUT2D eigenvalue weighted by Gasteiger charge is -2.15. The zero-order valence-corrected chi connectivity index (χ0v) is 9.77. The fraction of sp³-hybridized carbons (Fsp3) is 0.364. The van der Waals surface area contributed by atoms with Gasteiger partial charge in [-0.3, -0.25) is 14.9 Å². The van der Waals surface area contributed by atoms with Gasteiger partial charge in [0.25, 0.3) is 5.69 Å². The van der Waals surface area contributed by atoms with Crippen LogP contribution in [0.1, 0.15) is 18.9 Å². The van der Waals surface area contributed by atoms with E-state index in [2.05, 4.69) is 5.32 Å². The zero-order valence-electron chi connectivity index (χ0n) is 9.77. The zero-order chi connectivity index (χ0) is 13.0. The highest BCUT2D eigenvalue weighted by Gasteiger charge is 2.17. The van der Waals surface area contributed by atoms with Gasteiger partial charge in [-0.15, -0.1) is 0 Å². The summed E-state index contributed by atoms with van der Waals surface area (Å²) in [4.78, 5) is 21.2. The van der Waals surface area contributed by atoms with E-state index in [1.54, 1.807) is 26.0 Å². The fourth-order valence-corrected chi connectivity index (χ4v) is 1.59. The van der Waals surface area contributed by atoms with Crippen LogP contribution in [0.5, 0.6) is 0 Å². The summed E-state index contributed by atoms with van der Waals surface area (Å²) < 4.78 is 0. The van der Waals surface area contributed by atoms with Gasteiger partial charge in [-0.25, -0.2) is 0 Å². The molecule has 1 unspecified atom stereocenters. The SMILES string of the molecule is Cc1cccc([N+](=O)[O-])c1NC(C)CC(N)=O. The van der Waals surface area contributed by atoms with Gasteiger partial charge in [0.05, 0.1) is 4.92 Å². The van der Waals surface area contributed by atoms with E-state index in [4.69, 9.17) is 5.73 Å². The van der Waals surface area contributed by atoms with Crippen molar-refractivity contribution in [1.82, 2.24) is 0 Å². The Morgan fingerprint density at radius 3 is 2.76 bits per heavy atom. The first-order valence-corrected chi connectivity index (χ1v) is 5.20. The van der Waals surface area contributed by atoms with Crippen molar-refractivity contribution in [1.29, 1.82) is 0 Å². The molecule has 3 N–H and O–H groups in total. The monoisotopic (exact) mass is 237 g/mol. The quantitative estimate of drug-likeness (QED) is 0.600. The first kappa shape index (κ1) is 13.0. The molecule has 1 aromatic carbocycles. The molecule has 0 spiro atoms. The highest BCUT2D eigenvalue weighted by molar-refractivity contribution is 5.75. The Balaban J connectivity index is 2.96. The van der Waals surface area contributed by atoms with E-state index in [0.29, 0.717) is 5.69 Å². The molecule has 1 atom stereocenters. The van der Waals surface area contributed by atoms with Crippen molar-refractivity contribution in [3.05, 3.63) is 33.9 Å². The van der Waals surface area contributed by atoms with Gasteiger partial charge in [0.1, 0.15) is 5.69 Å². The van der Waals surface area contributed by atoms with E-state index in [1.165, 1.54) is 6.07 Å². The van der Waals surface area contributed by atoms with Crippen LogP contribution in [0.3, 0.4) is 0 Å². The molecule has 0 bridgehead atoms. The summed E-state index contributed by atoms with van der Waals surface area (Å²) in [5.74, 6) is -0.443. The van der Waals surface area contributed by atoms with Gasteiger partial charge in [-0.2, -0.15) is 0 Å². The summed E-state index contributed by atoms with van der Waals surface area (Å²) in [7, 11) is 0. The Morgan fingerprint density at radius 1 is 1.59 bits per heavy atom. The Labute approximate surface area is 99.0 Å². The molecular formula is C11H15N3O3. The maximum atomic E-state index is 10.9. The second kappa shape index (κ2) is 5.29. The van der Waals surface area contributed by atoms with Crippen LogP contribution in [0.15, 0.2) is 18.2 Å². The summed E-state index contributed by atoms with van der Waals surface area (Å²) in [6.07, 6.45) is 0.130. The third-order valence-electron chi connectivity index (χ3n) is 2.35. The van der Waals surface area contributed by atoms with Crippen LogP contribution in [-0.2, 0) is 4.79 Å². The van der Waals surface area contributed by atoms with Crippen molar-refractivity contribution >= 4 is 17.3 Å². The highest BCUT2D eigenvalue weighted by atomic mass is 16.6. The van der Waals surface area contributed by atoms with Gasteiger partial charge in [-0.1, -0.05) is 12.1 Å². The van der Waals surface area contributed by atoms with Gasteiger partial charge in [0, 0.05) is 18.5 Å².